The Labute approximate surface area is 117 Å². The van der Waals surface area contributed by atoms with E-state index in [0.717, 1.165) is 29.7 Å². The van der Waals surface area contributed by atoms with Crippen molar-refractivity contribution in [3.05, 3.63) is 36.3 Å². The molecule has 0 radical (unpaired) electrons. The monoisotopic (exact) mass is 271 g/mol. The highest BCUT2D eigenvalue weighted by Crippen LogP contribution is 2.27. The molecule has 0 amide bonds. The molecule has 0 saturated heterocycles. The summed E-state index contributed by atoms with van der Waals surface area (Å²) in [5.41, 5.74) is 1.12. The van der Waals surface area contributed by atoms with Crippen LogP contribution in [0, 0.1) is 0 Å². The number of rotatable bonds is 5. The van der Waals surface area contributed by atoms with Gasteiger partial charge in [0.05, 0.1) is 25.7 Å². The predicted octanol–water partition coefficient (Wildman–Crippen LogP) is 2.00. The molecule has 0 aliphatic rings. The van der Waals surface area contributed by atoms with Gasteiger partial charge in [-0.2, -0.15) is 4.80 Å². The molecule has 0 aliphatic carbocycles. The third kappa shape index (κ3) is 2.36. The van der Waals surface area contributed by atoms with Crippen LogP contribution >= 0.6 is 0 Å². The summed E-state index contributed by atoms with van der Waals surface area (Å²) in [6.07, 6.45) is 3.03. The molecule has 6 nitrogen and oxygen atoms in total. The molecule has 2 heterocycles. The van der Waals surface area contributed by atoms with Crippen LogP contribution in [0.1, 0.15) is 19.2 Å². The molecular weight excluding hydrogens is 254 g/mol. The quantitative estimate of drug-likeness (QED) is 0.712. The Morgan fingerprint density at radius 1 is 1.25 bits per heavy atom. The molecular formula is C14H17N5O. The van der Waals surface area contributed by atoms with Crippen molar-refractivity contribution < 1.29 is 4.74 Å². The molecule has 0 saturated carbocycles. The lowest BCUT2D eigenvalue weighted by atomic mass is 10.2. The number of aryl methyl sites for hydroxylation is 1. The van der Waals surface area contributed by atoms with Gasteiger partial charge in [0, 0.05) is 11.6 Å². The van der Waals surface area contributed by atoms with E-state index >= 15 is 0 Å². The molecule has 6 heteroatoms. The maximum absolute atomic E-state index is 5.78. The lowest BCUT2D eigenvalue weighted by Gasteiger charge is -2.07. The van der Waals surface area contributed by atoms with Crippen molar-refractivity contribution in [3.63, 3.8) is 0 Å². The fourth-order valence-electron chi connectivity index (χ4n) is 2.21. The van der Waals surface area contributed by atoms with Gasteiger partial charge < -0.3 is 9.30 Å². The molecule has 1 aromatic carbocycles. The summed E-state index contributed by atoms with van der Waals surface area (Å²) in [5, 5.41) is 13.2. The van der Waals surface area contributed by atoms with E-state index in [9.17, 15) is 0 Å². The van der Waals surface area contributed by atoms with E-state index in [0.29, 0.717) is 12.4 Å². The van der Waals surface area contributed by atoms with Crippen LogP contribution in [-0.4, -0.2) is 31.4 Å². The minimum atomic E-state index is 0.606. The molecule has 0 bridgehead atoms. The molecule has 0 spiro atoms. The average molecular weight is 271 g/mol. The van der Waals surface area contributed by atoms with E-state index in [-0.39, 0.29) is 0 Å². The van der Waals surface area contributed by atoms with Gasteiger partial charge in [0.15, 0.2) is 5.82 Å². The molecule has 2 aromatic heterocycles. The Balaban J connectivity index is 1.92. The van der Waals surface area contributed by atoms with Gasteiger partial charge in [0.2, 0.25) is 0 Å². The standard InChI is InChI=1S/C14H17N5O/c1-3-9-20-13-6-4-5-12-11(13)7-8-19(12)10-14-15-17-18(2)16-14/h4-8H,3,9-10H2,1-2H3. The van der Waals surface area contributed by atoms with E-state index in [2.05, 4.69) is 39.0 Å². The summed E-state index contributed by atoms with van der Waals surface area (Å²) in [6, 6.07) is 8.15. The molecule has 0 aliphatic heterocycles. The van der Waals surface area contributed by atoms with Gasteiger partial charge in [-0.1, -0.05) is 13.0 Å². The van der Waals surface area contributed by atoms with E-state index in [1.807, 2.05) is 18.3 Å². The second-order valence-corrected chi connectivity index (χ2v) is 4.68. The third-order valence-corrected chi connectivity index (χ3v) is 3.10. The Bertz CT molecular complexity index is 715. The van der Waals surface area contributed by atoms with Crippen molar-refractivity contribution in [2.24, 2.45) is 7.05 Å². The van der Waals surface area contributed by atoms with Crippen molar-refractivity contribution in [1.29, 1.82) is 0 Å². The minimum Gasteiger partial charge on any atom is -0.493 e. The number of hydrogen-bond acceptors (Lipinski definition) is 4. The summed E-state index contributed by atoms with van der Waals surface area (Å²) in [5.74, 6) is 1.63. The van der Waals surface area contributed by atoms with E-state index in [1.165, 1.54) is 4.80 Å². The number of benzene rings is 1. The molecule has 3 aromatic rings. The molecule has 0 atom stereocenters. The summed E-state index contributed by atoms with van der Waals surface area (Å²) in [7, 11) is 1.76. The van der Waals surface area contributed by atoms with Crippen LogP contribution < -0.4 is 4.74 Å². The van der Waals surface area contributed by atoms with Crippen molar-refractivity contribution in [2.45, 2.75) is 19.9 Å². The number of tetrazole rings is 1. The first-order valence-corrected chi connectivity index (χ1v) is 6.71. The second kappa shape index (κ2) is 5.32. The van der Waals surface area contributed by atoms with Crippen LogP contribution in [0.25, 0.3) is 10.9 Å². The van der Waals surface area contributed by atoms with Crippen molar-refractivity contribution in [2.75, 3.05) is 6.61 Å². The lowest BCUT2D eigenvalue weighted by Crippen LogP contribution is -2.01. The molecule has 0 fully saturated rings. The van der Waals surface area contributed by atoms with Gasteiger partial charge in [0.25, 0.3) is 0 Å². The highest BCUT2D eigenvalue weighted by atomic mass is 16.5. The molecule has 0 unspecified atom stereocenters. The lowest BCUT2D eigenvalue weighted by molar-refractivity contribution is 0.321. The first kappa shape index (κ1) is 12.7. The van der Waals surface area contributed by atoms with Crippen LogP contribution in [0.4, 0.5) is 0 Å². The maximum Gasteiger partial charge on any atom is 0.194 e. The first-order chi connectivity index (χ1) is 9.78. The zero-order valence-corrected chi connectivity index (χ0v) is 11.7. The van der Waals surface area contributed by atoms with Crippen LogP contribution in [-0.2, 0) is 13.6 Å². The van der Waals surface area contributed by atoms with E-state index in [4.69, 9.17) is 4.74 Å². The van der Waals surface area contributed by atoms with Crippen LogP contribution in [0.15, 0.2) is 30.5 Å². The van der Waals surface area contributed by atoms with Gasteiger partial charge in [-0.05, 0) is 29.8 Å². The molecule has 0 N–H and O–H groups in total. The largest absolute Gasteiger partial charge is 0.493 e. The summed E-state index contributed by atoms with van der Waals surface area (Å²) >= 11 is 0. The van der Waals surface area contributed by atoms with Crippen LogP contribution in [0.3, 0.4) is 0 Å². The Morgan fingerprint density at radius 3 is 2.90 bits per heavy atom. The molecule has 20 heavy (non-hydrogen) atoms. The Hall–Kier alpha value is -2.37. The maximum atomic E-state index is 5.78. The topological polar surface area (TPSA) is 57.8 Å². The SMILES string of the molecule is CCCOc1cccc2c1ccn2Cc1nnn(C)n1. The number of hydrogen-bond donors (Lipinski definition) is 0. The van der Waals surface area contributed by atoms with Crippen LogP contribution in [0.5, 0.6) is 5.75 Å². The van der Waals surface area contributed by atoms with Gasteiger partial charge in [-0.15, -0.1) is 10.2 Å². The average Bonchev–Trinajstić information content (AvgIpc) is 3.04. The normalized spacial score (nSPS) is 11.1. The summed E-state index contributed by atoms with van der Waals surface area (Å²) in [4.78, 5) is 1.47. The van der Waals surface area contributed by atoms with Crippen molar-refractivity contribution >= 4 is 10.9 Å². The first-order valence-electron chi connectivity index (χ1n) is 6.71. The zero-order chi connectivity index (χ0) is 13.9. The number of fused-ring (bicyclic) bond motifs is 1. The van der Waals surface area contributed by atoms with E-state index < -0.39 is 0 Å². The Morgan fingerprint density at radius 2 is 2.15 bits per heavy atom. The molecule has 104 valence electrons. The van der Waals surface area contributed by atoms with Crippen LogP contribution in [0.2, 0.25) is 0 Å². The Kier molecular flexibility index (Phi) is 3.37. The number of aromatic nitrogens is 5. The zero-order valence-electron chi connectivity index (χ0n) is 11.7. The highest BCUT2D eigenvalue weighted by Gasteiger charge is 2.08. The second-order valence-electron chi connectivity index (χ2n) is 4.68. The minimum absolute atomic E-state index is 0.606. The van der Waals surface area contributed by atoms with E-state index in [1.54, 1.807) is 7.05 Å². The smallest absolute Gasteiger partial charge is 0.194 e. The summed E-state index contributed by atoms with van der Waals surface area (Å²) in [6.45, 7) is 3.44. The number of nitrogens with zero attached hydrogens (tertiary/aromatic N) is 5. The third-order valence-electron chi connectivity index (χ3n) is 3.10. The fraction of sp³-hybridized carbons (Fsp3) is 0.357. The van der Waals surface area contributed by atoms with Gasteiger partial charge >= 0.3 is 0 Å². The predicted molar refractivity (Wildman–Crippen MR) is 75.6 cm³/mol. The van der Waals surface area contributed by atoms with Gasteiger partial charge in [0.1, 0.15) is 5.75 Å². The van der Waals surface area contributed by atoms with Gasteiger partial charge in [-0.3, -0.25) is 0 Å². The van der Waals surface area contributed by atoms with Gasteiger partial charge in [-0.25, -0.2) is 0 Å². The van der Waals surface area contributed by atoms with Crippen molar-refractivity contribution in [1.82, 2.24) is 24.8 Å². The summed E-state index contributed by atoms with van der Waals surface area (Å²) < 4.78 is 7.88. The number of ether oxygens (including phenoxy) is 1. The highest BCUT2D eigenvalue weighted by molar-refractivity contribution is 5.86. The van der Waals surface area contributed by atoms with Crippen molar-refractivity contribution in [3.8, 4) is 5.75 Å². The molecule has 3 rings (SSSR count). The fourth-order valence-corrected chi connectivity index (χ4v) is 2.21.